The number of likely N-dealkylation sites (tertiary alicyclic amines) is 1. The number of carbonyl (C=O) groups excluding carboxylic acids is 1. The summed E-state index contributed by atoms with van der Waals surface area (Å²) in [6.07, 6.45) is -0.189. The Morgan fingerprint density at radius 3 is 2.78 bits per heavy atom. The largest absolute Gasteiger partial charge is 0.453 e. The summed E-state index contributed by atoms with van der Waals surface area (Å²) in [5.74, 6) is 0.144. The van der Waals surface area contributed by atoms with E-state index in [2.05, 4.69) is 0 Å². The lowest BCUT2D eigenvalue weighted by atomic mass is 10.0. The number of β-amino-alcohol motifs (C(OH)–C–C–N with tert-alkyl or cyclic N) is 1. The van der Waals surface area contributed by atoms with Crippen LogP contribution in [0.15, 0.2) is 40.8 Å². The van der Waals surface area contributed by atoms with Crippen molar-refractivity contribution >= 4 is 5.91 Å². The number of rotatable bonds is 4. The molecule has 6 heteroatoms. The summed E-state index contributed by atoms with van der Waals surface area (Å²) in [6, 6.07) is 8.97. The molecule has 1 aromatic carbocycles. The predicted molar refractivity (Wildman–Crippen MR) is 80.2 cm³/mol. The highest BCUT2D eigenvalue weighted by molar-refractivity contribution is 5.92. The molecule has 0 bridgehead atoms. The molecule has 0 spiro atoms. The normalized spacial score (nSPS) is 20.9. The number of nitrogens with zero attached hydrogens (tertiary/aromatic N) is 1. The van der Waals surface area contributed by atoms with Crippen molar-refractivity contribution in [3.63, 3.8) is 0 Å². The highest BCUT2D eigenvalue weighted by atomic mass is 19.1. The van der Waals surface area contributed by atoms with Crippen LogP contribution in [-0.2, 0) is 11.3 Å². The molecule has 23 heavy (non-hydrogen) atoms. The molecule has 1 aliphatic rings. The van der Waals surface area contributed by atoms with Gasteiger partial charge in [0.2, 0.25) is 0 Å². The number of carbonyl (C=O) groups is 1. The lowest BCUT2D eigenvalue weighted by Gasteiger charge is -2.23. The summed E-state index contributed by atoms with van der Waals surface area (Å²) in [6.45, 7) is 0.512. The molecular formula is C17H18FNO4. The van der Waals surface area contributed by atoms with E-state index < -0.39 is 6.10 Å². The van der Waals surface area contributed by atoms with Crippen molar-refractivity contribution in [2.45, 2.75) is 25.2 Å². The van der Waals surface area contributed by atoms with Crippen LogP contribution in [0, 0.1) is 5.82 Å². The Labute approximate surface area is 133 Å². The maximum absolute atomic E-state index is 13.1. The average molecular weight is 319 g/mol. The van der Waals surface area contributed by atoms with Gasteiger partial charge in [-0.3, -0.25) is 4.79 Å². The van der Waals surface area contributed by atoms with E-state index in [1.54, 1.807) is 36.3 Å². The molecular weight excluding hydrogens is 301 g/mol. The molecule has 1 aliphatic heterocycles. The molecule has 0 radical (unpaired) electrons. The second-order valence-corrected chi connectivity index (χ2v) is 5.61. The van der Waals surface area contributed by atoms with Crippen LogP contribution in [0.2, 0.25) is 0 Å². The van der Waals surface area contributed by atoms with Crippen LogP contribution in [0.1, 0.15) is 34.3 Å². The Bertz CT molecular complexity index is 682. The van der Waals surface area contributed by atoms with E-state index in [-0.39, 0.29) is 36.7 Å². The number of hydrogen-bond acceptors (Lipinski definition) is 4. The Balaban J connectivity index is 1.83. The van der Waals surface area contributed by atoms with E-state index in [0.29, 0.717) is 12.2 Å². The van der Waals surface area contributed by atoms with E-state index in [4.69, 9.17) is 9.15 Å². The van der Waals surface area contributed by atoms with E-state index in [0.717, 1.165) is 5.56 Å². The van der Waals surface area contributed by atoms with Gasteiger partial charge in [0.05, 0.1) is 12.1 Å². The number of aliphatic hydroxyl groups is 1. The third kappa shape index (κ3) is 3.28. The van der Waals surface area contributed by atoms with Gasteiger partial charge in [-0.25, -0.2) is 4.39 Å². The molecule has 2 heterocycles. The molecule has 5 nitrogen and oxygen atoms in total. The zero-order valence-corrected chi connectivity index (χ0v) is 12.7. The summed E-state index contributed by atoms with van der Waals surface area (Å²) in [4.78, 5) is 14.2. The minimum atomic E-state index is -0.609. The molecule has 1 fully saturated rings. The number of hydrogen-bond donors (Lipinski definition) is 1. The van der Waals surface area contributed by atoms with Crippen molar-refractivity contribution in [2.24, 2.45) is 0 Å². The summed E-state index contributed by atoms with van der Waals surface area (Å²) >= 11 is 0. The molecule has 2 aromatic rings. The standard InChI is InChI=1S/C17H18FNO4/c1-22-10-14-6-7-16(23-14)17(21)19-9-13(20)8-15(19)11-2-4-12(18)5-3-11/h2-7,13,15,20H,8-10H2,1H3/t13-,15+/m0/s1. The minimum Gasteiger partial charge on any atom is -0.453 e. The SMILES string of the molecule is COCc1ccc(C(=O)N2C[C@@H](O)C[C@@H]2c2ccc(F)cc2)o1. The summed E-state index contributed by atoms with van der Waals surface area (Å²) in [5, 5.41) is 9.95. The van der Waals surface area contributed by atoms with Crippen LogP contribution in [0.4, 0.5) is 4.39 Å². The molecule has 2 atom stereocenters. The fourth-order valence-electron chi connectivity index (χ4n) is 2.89. The predicted octanol–water partition coefficient (Wildman–Crippen LogP) is 2.51. The molecule has 1 aromatic heterocycles. The first-order valence-corrected chi connectivity index (χ1v) is 7.40. The van der Waals surface area contributed by atoms with Crippen molar-refractivity contribution in [1.82, 2.24) is 4.90 Å². The van der Waals surface area contributed by atoms with Crippen molar-refractivity contribution in [2.75, 3.05) is 13.7 Å². The molecule has 1 saturated heterocycles. The van der Waals surface area contributed by atoms with Gasteiger partial charge in [0.15, 0.2) is 5.76 Å². The number of aliphatic hydroxyl groups excluding tert-OH is 1. The van der Waals surface area contributed by atoms with Crippen LogP contribution >= 0.6 is 0 Å². The molecule has 3 rings (SSSR count). The first-order chi connectivity index (χ1) is 11.1. The van der Waals surface area contributed by atoms with Crippen LogP contribution in [0.5, 0.6) is 0 Å². The Kier molecular flexibility index (Phi) is 4.45. The number of halogens is 1. The Hall–Kier alpha value is -2.18. The minimum absolute atomic E-state index is 0.207. The monoisotopic (exact) mass is 319 g/mol. The van der Waals surface area contributed by atoms with Crippen molar-refractivity contribution in [3.8, 4) is 0 Å². The molecule has 0 saturated carbocycles. The van der Waals surface area contributed by atoms with Gasteiger partial charge >= 0.3 is 0 Å². The van der Waals surface area contributed by atoms with Gasteiger partial charge in [-0.2, -0.15) is 0 Å². The van der Waals surface area contributed by atoms with E-state index in [1.807, 2.05) is 0 Å². The fourth-order valence-corrected chi connectivity index (χ4v) is 2.89. The lowest BCUT2D eigenvalue weighted by molar-refractivity contribution is 0.0676. The van der Waals surface area contributed by atoms with Gasteiger partial charge in [-0.1, -0.05) is 12.1 Å². The van der Waals surface area contributed by atoms with Crippen molar-refractivity contribution in [1.29, 1.82) is 0 Å². The van der Waals surface area contributed by atoms with Gasteiger partial charge in [-0.05, 0) is 36.2 Å². The Morgan fingerprint density at radius 1 is 1.35 bits per heavy atom. The number of ether oxygens (including phenoxy) is 1. The summed E-state index contributed by atoms with van der Waals surface area (Å²) in [7, 11) is 1.55. The molecule has 0 unspecified atom stereocenters. The quantitative estimate of drug-likeness (QED) is 0.940. The highest BCUT2D eigenvalue weighted by Crippen LogP contribution is 2.33. The topological polar surface area (TPSA) is 62.9 Å². The number of furan rings is 1. The first-order valence-electron chi connectivity index (χ1n) is 7.40. The lowest BCUT2D eigenvalue weighted by Crippen LogP contribution is -2.31. The number of amides is 1. The third-order valence-corrected chi connectivity index (χ3v) is 3.95. The van der Waals surface area contributed by atoms with Gasteiger partial charge < -0.3 is 19.2 Å². The van der Waals surface area contributed by atoms with Crippen LogP contribution in [0.25, 0.3) is 0 Å². The second-order valence-electron chi connectivity index (χ2n) is 5.61. The van der Waals surface area contributed by atoms with Crippen LogP contribution < -0.4 is 0 Å². The van der Waals surface area contributed by atoms with Crippen LogP contribution in [0.3, 0.4) is 0 Å². The highest BCUT2D eigenvalue weighted by Gasteiger charge is 2.36. The van der Waals surface area contributed by atoms with E-state index in [1.165, 1.54) is 12.1 Å². The molecule has 1 amide bonds. The smallest absolute Gasteiger partial charge is 0.290 e. The fraction of sp³-hybridized carbons (Fsp3) is 0.353. The van der Waals surface area contributed by atoms with Gasteiger partial charge in [0.1, 0.15) is 18.2 Å². The summed E-state index contributed by atoms with van der Waals surface area (Å²) < 4.78 is 23.5. The second kappa shape index (κ2) is 6.52. The Morgan fingerprint density at radius 2 is 2.09 bits per heavy atom. The van der Waals surface area contributed by atoms with Gasteiger partial charge in [-0.15, -0.1) is 0 Å². The molecule has 1 N–H and O–H groups in total. The maximum Gasteiger partial charge on any atom is 0.290 e. The first kappa shape index (κ1) is 15.7. The zero-order chi connectivity index (χ0) is 16.4. The van der Waals surface area contributed by atoms with Crippen LogP contribution in [-0.4, -0.2) is 35.7 Å². The van der Waals surface area contributed by atoms with E-state index >= 15 is 0 Å². The molecule has 0 aliphatic carbocycles. The van der Waals surface area contributed by atoms with Crippen molar-refractivity contribution < 1.29 is 23.4 Å². The number of benzene rings is 1. The summed E-state index contributed by atoms with van der Waals surface area (Å²) in [5.41, 5.74) is 0.792. The van der Waals surface area contributed by atoms with Gasteiger partial charge in [0, 0.05) is 13.7 Å². The maximum atomic E-state index is 13.1. The molecule has 122 valence electrons. The average Bonchev–Trinajstić information content (AvgIpc) is 3.15. The number of methoxy groups -OCH3 is 1. The third-order valence-electron chi connectivity index (χ3n) is 3.95. The zero-order valence-electron chi connectivity index (χ0n) is 12.7. The van der Waals surface area contributed by atoms with E-state index in [9.17, 15) is 14.3 Å². The van der Waals surface area contributed by atoms with Crippen molar-refractivity contribution in [3.05, 3.63) is 59.3 Å². The van der Waals surface area contributed by atoms with Gasteiger partial charge in [0.25, 0.3) is 5.91 Å².